The first-order valence-electron chi connectivity index (χ1n) is 10.6. The number of nitrogen functional groups attached to an aromatic ring is 1. The van der Waals surface area contributed by atoms with E-state index in [0.717, 1.165) is 43.1 Å². The molecule has 0 radical (unpaired) electrons. The van der Waals surface area contributed by atoms with Crippen molar-refractivity contribution < 1.29 is 4.79 Å². The lowest BCUT2D eigenvalue weighted by Gasteiger charge is -2.32. The minimum absolute atomic E-state index is 0. The topological polar surface area (TPSA) is 58.4 Å². The number of carbonyl (C=O) groups is 1. The van der Waals surface area contributed by atoms with E-state index in [0.29, 0.717) is 6.42 Å². The van der Waals surface area contributed by atoms with Crippen LogP contribution in [0, 0.1) is 5.92 Å². The van der Waals surface area contributed by atoms with E-state index < -0.39 is 0 Å². The molecule has 166 valence electrons. The number of likely N-dealkylation sites (tertiary alicyclic amines) is 1. The van der Waals surface area contributed by atoms with Gasteiger partial charge in [0.1, 0.15) is 0 Å². The molecule has 0 aromatic heterocycles. The number of hydrogen-bond donors (Lipinski definition) is 2. The van der Waals surface area contributed by atoms with Gasteiger partial charge in [-0.15, -0.1) is 24.8 Å². The van der Waals surface area contributed by atoms with Crippen molar-refractivity contribution in [1.82, 2.24) is 10.2 Å². The van der Waals surface area contributed by atoms with Crippen LogP contribution in [0.2, 0.25) is 0 Å². The average Bonchev–Trinajstić information content (AvgIpc) is 2.71. The SMILES string of the molecule is Cl.Cl.Nc1ccc(CC(=O)NCCCCN2CCC(Cc3ccccc3)CC2)cc1. The number of amides is 1. The molecule has 2 aromatic rings. The summed E-state index contributed by atoms with van der Waals surface area (Å²) in [6.07, 6.45) is 6.42. The Balaban J connectivity index is 0.00000225. The molecule has 0 atom stereocenters. The first kappa shape index (κ1) is 26.3. The maximum absolute atomic E-state index is 12.0. The number of nitrogens with one attached hydrogen (secondary N) is 1. The van der Waals surface area contributed by atoms with Crippen LogP contribution in [-0.4, -0.2) is 37.0 Å². The van der Waals surface area contributed by atoms with E-state index in [1.807, 2.05) is 24.3 Å². The van der Waals surface area contributed by atoms with Gasteiger partial charge in [0.2, 0.25) is 5.91 Å². The van der Waals surface area contributed by atoms with Crippen LogP contribution >= 0.6 is 24.8 Å². The number of halogens is 2. The summed E-state index contributed by atoms with van der Waals surface area (Å²) >= 11 is 0. The summed E-state index contributed by atoms with van der Waals surface area (Å²) in [5, 5.41) is 3.03. The van der Waals surface area contributed by atoms with E-state index in [-0.39, 0.29) is 30.7 Å². The van der Waals surface area contributed by atoms with Crippen molar-refractivity contribution in [1.29, 1.82) is 0 Å². The summed E-state index contributed by atoms with van der Waals surface area (Å²) in [7, 11) is 0. The monoisotopic (exact) mass is 451 g/mol. The van der Waals surface area contributed by atoms with Crippen molar-refractivity contribution in [3.63, 3.8) is 0 Å². The van der Waals surface area contributed by atoms with Crippen LogP contribution in [0.25, 0.3) is 0 Å². The number of anilines is 1. The van der Waals surface area contributed by atoms with Crippen molar-refractivity contribution in [2.24, 2.45) is 5.92 Å². The predicted octanol–water partition coefficient (Wildman–Crippen LogP) is 4.51. The first-order valence-corrected chi connectivity index (χ1v) is 10.6. The summed E-state index contributed by atoms with van der Waals surface area (Å²) in [6.45, 7) is 4.33. The van der Waals surface area contributed by atoms with Crippen molar-refractivity contribution >= 4 is 36.4 Å². The van der Waals surface area contributed by atoms with Gasteiger partial charge in [0.05, 0.1) is 6.42 Å². The molecule has 30 heavy (non-hydrogen) atoms. The third-order valence-corrected chi connectivity index (χ3v) is 5.64. The van der Waals surface area contributed by atoms with E-state index in [9.17, 15) is 4.79 Å². The Morgan fingerprint density at radius 2 is 1.60 bits per heavy atom. The Morgan fingerprint density at radius 1 is 0.933 bits per heavy atom. The molecule has 3 rings (SSSR count). The number of rotatable bonds is 9. The third-order valence-electron chi connectivity index (χ3n) is 5.64. The maximum Gasteiger partial charge on any atom is 0.224 e. The van der Waals surface area contributed by atoms with Crippen LogP contribution in [0.15, 0.2) is 54.6 Å². The highest BCUT2D eigenvalue weighted by molar-refractivity contribution is 5.85. The molecule has 2 aromatic carbocycles. The lowest BCUT2D eigenvalue weighted by molar-refractivity contribution is -0.120. The third kappa shape index (κ3) is 9.38. The van der Waals surface area contributed by atoms with Gasteiger partial charge in [0, 0.05) is 12.2 Å². The predicted molar refractivity (Wildman–Crippen MR) is 131 cm³/mol. The number of nitrogens with zero attached hydrogens (tertiary/aromatic N) is 1. The van der Waals surface area contributed by atoms with Gasteiger partial charge in [-0.05, 0) is 80.9 Å². The van der Waals surface area contributed by atoms with Gasteiger partial charge in [0.15, 0.2) is 0 Å². The Kier molecular flexibility index (Phi) is 12.5. The summed E-state index contributed by atoms with van der Waals surface area (Å²) in [6, 6.07) is 18.4. The van der Waals surface area contributed by atoms with Gasteiger partial charge >= 0.3 is 0 Å². The molecule has 1 fully saturated rings. The maximum atomic E-state index is 12.0. The number of hydrogen-bond acceptors (Lipinski definition) is 3. The van der Waals surface area contributed by atoms with E-state index in [4.69, 9.17) is 5.73 Å². The lowest BCUT2D eigenvalue weighted by Crippen LogP contribution is -2.35. The molecular formula is C24H35Cl2N3O. The molecule has 3 N–H and O–H groups in total. The minimum Gasteiger partial charge on any atom is -0.399 e. The highest BCUT2D eigenvalue weighted by Crippen LogP contribution is 2.21. The first-order chi connectivity index (χ1) is 13.7. The molecule has 1 saturated heterocycles. The van der Waals surface area contributed by atoms with Crippen LogP contribution in [0.1, 0.15) is 36.8 Å². The zero-order chi connectivity index (χ0) is 19.6. The quantitative estimate of drug-likeness (QED) is 0.435. The van der Waals surface area contributed by atoms with E-state index in [1.54, 1.807) is 0 Å². The summed E-state index contributed by atoms with van der Waals surface area (Å²) in [5.74, 6) is 0.915. The Labute approximate surface area is 193 Å². The minimum atomic E-state index is 0. The fourth-order valence-electron chi connectivity index (χ4n) is 3.93. The highest BCUT2D eigenvalue weighted by atomic mass is 35.5. The van der Waals surface area contributed by atoms with Gasteiger partial charge in [-0.1, -0.05) is 42.5 Å². The van der Waals surface area contributed by atoms with Crippen molar-refractivity contribution in [2.45, 2.75) is 38.5 Å². The van der Waals surface area contributed by atoms with Crippen LogP contribution in [0.3, 0.4) is 0 Å². The Bertz CT molecular complexity index is 717. The lowest BCUT2D eigenvalue weighted by atomic mass is 9.90. The van der Waals surface area contributed by atoms with E-state index in [2.05, 4.69) is 40.5 Å². The molecule has 6 heteroatoms. The van der Waals surface area contributed by atoms with Gasteiger partial charge < -0.3 is 16.0 Å². The number of unbranched alkanes of at least 4 members (excludes halogenated alkanes) is 1. The number of benzene rings is 2. The largest absolute Gasteiger partial charge is 0.399 e. The van der Waals surface area contributed by atoms with Crippen molar-refractivity contribution in [2.75, 3.05) is 31.9 Å². The number of piperidine rings is 1. The molecular weight excluding hydrogens is 417 g/mol. The molecule has 0 saturated carbocycles. The Morgan fingerprint density at radius 3 is 2.27 bits per heavy atom. The zero-order valence-corrected chi connectivity index (χ0v) is 19.2. The van der Waals surface area contributed by atoms with Crippen LogP contribution in [0.4, 0.5) is 5.69 Å². The molecule has 0 spiro atoms. The molecule has 1 aliphatic heterocycles. The van der Waals surface area contributed by atoms with Crippen LogP contribution in [-0.2, 0) is 17.6 Å². The average molecular weight is 452 g/mol. The number of nitrogens with two attached hydrogens (primary N) is 1. The molecule has 1 amide bonds. The second kappa shape index (κ2) is 14.3. The van der Waals surface area contributed by atoms with Crippen molar-refractivity contribution in [3.8, 4) is 0 Å². The molecule has 4 nitrogen and oxygen atoms in total. The summed E-state index contributed by atoms with van der Waals surface area (Å²) in [5.41, 5.74) is 8.87. The van der Waals surface area contributed by atoms with E-state index >= 15 is 0 Å². The highest BCUT2D eigenvalue weighted by Gasteiger charge is 2.18. The van der Waals surface area contributed by atoms with Gasteiger partial charge in [0.25, 0.3) is 0 Å². The van der Waals surface area contributed by atoms with Gasteiger partial charge in [-0.25, -0.2) is 0 Å². The fraction of sp³-hybridized carbons (Fsp3) is 0.458. The second-order valence-electron chi connectivity index (χ2n) is 7.95. The van der Waals surface area contributed by atoms with E-state index in [1.165, 1.54) is 37.9 Å². The molecule has 1 heterocycles. The fourth-order valence-corrected chi connectivity index (χ4v) is 3.93. The molecule has 0 bridgehead atoms. The smallest absolute Gasteiger partial charge is 0.224 e. The van der Waals surface area contributed by atoms with Gasteiger partial charge in [-0.2, -0.15) is 0 Å². The normalized spacial score (nSPS) is 14.4. The van der Waals surface area contributed by atoms with Crippen LogP contribution in [0.5, 0.6) is 0 Å². The van der Waals surface area contributed by atoms with Crippen molar-refractivity contribution in [3.05, 3.63) is 65.7 Å². The summed E-state index contributed by atoms with van der Waals surface area (Å²) < 4.78 is 0. The van der Waals surface area contributed by atoms with Crippen LogP contribution < -0.4 is 11.1 Å². The standard InChI is InChI=1S/C24H33N3O.2ClH/c25-23-10-8-21(9-11-23)19-24(28)26-14-4-5-15-27-16-12-22(13-17-27)18-20-6-2-1-3-7-20;;/h1-3,6-11,22H,4-5,12-19,25H2,(H,26,28);2*1H. The summed E-state index contributed by atoms with van der Waals surface area (Å²) in [4.78, 5) is 14.6. The molecule has 1 aliphatic rings. The second-order valence-corrected chi connectivity index (χ2v) is 7.95. The zero-order valence-electron chi connectivity index (χ0n) is 17.6. The Hall–Kier alpha value is -1.75. The molecule has 0 unspecified atom stereocenters. The molecule has 0 aliphatic carbocycles. The van der Waals surface area contributed by atoms with Gasteiger partial charge in [-0.3, -0.25) is 4.79 Å². The number of carbonyl (C=O) groups excluding carboxylic acids is 1.